The molecule has 0 unspecified atom stereocenters. The molecule has 0 atom stereocenters. The highest BCUT2D eigenvalue weighted by Gasteiger charge is 2.09. The van der Waals surface area contributed by atoms with Crippen LogP contribution in [0, 0.1) is 13.8 Å². The van der Waals surface area contributed by atoms with Crippen LogP contribution in [0.25, 0.3) is 11.2 Å². The van der Waals surface area contributed by atoms with Crippen molar-refractivity contribution in [3.05, 3.63) is 35.7 Å². The number of imidazole rings is 1. The summed E-state index contributed by atoms with van der Waals surface area (Å²) in [5.41, 5.74) is 10.3. The molecule has 0 radical (unpaired) electrons. The maximum atomic E-state index is 5.68. The van der Waals surface area contributed by atoms with Crippen molar-refractivity contribution in [1.29, 1.82) is 0 Å². The Morgan fingerprint density at radius 2 is 2.05 bits per heavy atom. The van der Waals surface area contributed by atoms with Crippen LogP contribution in [0.1, 0.15) is 11.1 Å². The van der Waals surface area contributed by atoms with Crippen molar-refractivity contribution in [3.63, 3.8) is 0 Å². The number of nitrogens with one attached hydrogen (secondary N) is 2. The third-order valence-corrected chi connectivity index (χ3v) is 2.94. The standard InChI is InChI=1S/C13H14N6/c1-7-3-4-9(8(2)5-7)17-12-10-11(16-6-15-10)18-13(14)19-12/h3-6H,1-2H3,(H4,14,15,16,17,18,19). The van der Waals surface area contributed by atoms with Crippen LogP contribution in [0.5, 0.6) is 0 Å². The fourth-order valence-electron chi connectivity index (χ4n) is 2.02. The molecule has 0 aliphatic carbocycles. The van der Waals surface area contributed by atoms with Crippen molar-refractivity contribution in [2.75, 3.05) is 11.1 Å². The minimum Gasteiger partial charge on any atom is -0.368 e. The fraction of sp³-hybridized carbons (Fsp3) is 0.154. The molecule has 0 aliphatic rings. The van der Waals surface area contributed by atoms with Gasteiger partial charge in [-0.1, -0.05) is 17.7 Å². The first-order valence-electron chi connectivity index (χ1n) is 5.94. The van der Waals surface area contributed by atoms with Crippen molar-refractivity contribution in [1.82, 2.24) is 19.9 Å². The molecule has 0 aliphatic heterocycles. The number of nitrogens with two attached hydrogens (primary N) is 1. The van der Waals surface area contributed by atoms with Gasteiger partial charge in [-0.25, -0.2) is 4.98 Å². The number of hydrogen-bond donors (Lipinski definition) is 3. The van der Waals surface area contributed by atoms with Crippen LogP contribution < -0.4 is 11.1 Å². The van der Waals surface area contributed by atoms with Gasteiger partial charge in [0, 0.05) is 5.69 Å². The molecule has 6 heteroatoms. The lowest BCUT2D eigenvalue weighted by Gasteiger charge is -2.10. The second-order valence-corrected chi connectivity index (χ2v) is 4.47. The summed E-state index contributed by atoms with van der Waals surface area (Å²) in [5, 5.41) is 3.27. The number of fused-ring (bicyclic) bond motifs is 1. The number of aryl methyl sites for hydroxylation is 2. The second-order valence-electron chi connectivity index (χ2n) is 4.47. The van der Waals surface area contributed by atoms with E-state index in [1.54, 1.807) is 6.33 Å². The van der Waals surface area contributed by atoms with E-state index < -0.39 is 0 Å². The minimum absolute atomic E-state index is 0.201. The Morgan fingerprint density at radius 3 is 2.84 bits per heavy atom. The Morgan fingerprint density at radius 1 is 1.21 bits per heavy atom. The molecule has 0 saturated heterocycles. The third kappa shape index (κ3) is 2.08. The van der Waals surface area contributed by atoms with Gasteiger partial charge in [-0.05, 0) is 25.5 Å². The van der Waals surface area contributed by atoms with Gasteiger partial charge in [-0.15, -0.1) is 0 Å². The van der Waals surface area contributed by atoms with Gasteiger partial charge < -0.3 is 16.0 Å². The molecule has 0 amide bonds. The van der Waals surface area contributed by atoms with Crippen LogP contribution in [0.3, 0.4) is 0 Å². The summed E-state index contributed by atoms with van der Waals surface area (Å²) < 4.78 is 0. The normalized spacial score (nSPS) is 10.8. The Labute approximate surface area is 110 Å². The molecule has 2 aromatic heterocycles. The van der Waals surface area contributed by atoms with Gasteiger partial charge in [-0.2, -0.15) is 9.97 Å². The highest BCUT2D eigenvalue weighted by molar-refractivity contribution is 5.86. The molecular formula is C13H14N6. The number of aromatic amines is 1. The summed E-state index contributed by atoms with van der Waals surface area (Å²) >= 11 is 0. The van der Waals surface area contributed by atoms with Crippen LogP contribution in [0.4, 0.5) is 17.5 Å². The summed E-state index contributed by atoms with van der Waals surface area (Å²) in [4.78, 5) is 15.4. The first-order valence-corrected chi connectivity index (χ1v) is 5.94. The third-order valence-electron chi connectivity index (χ3n) is 2.94. The van der Waals surface area contributed by atoms with Crippen molar-refractivity contribution in [2.24, 2.45) is 0 Å². The predicted molar refractivity (Wildman–Crippen MR) is 75.3 cm³/mol. The lowest BCUT2D eigenvalue weighted by atomic mass is 10.1. The molecule has 6 nitrogen and oxygen atoms in total. The number of nitrogen functional groups attached to an aromatic ring is 1. The molecule has 3 rings (SSSR count). The van der Waals surface area contributed by atoms with E-state index in [-0.39, 0.29) is 5.95 Å². The van der Waals surface area contributed by atoms with Gasteiger partial charge in [0.15, 0.2) is 11.5 Å². The monoisotopic (exact) mass is 254 g/mol. The first-order chi connectivity index (χ1) is 9.13. The van der Waals surface area contributed by atoms with Crippen LogP contribution in [0.15, 0.2) is 24.5 Å². The Balaban J connectivity index is 2.07. The SMILES string of the molecule is Cc1ccc(Nc2nc(N)nc3nc[nH]c23)c(C)c1. The summed E-state index contributed by atoms with van der Waals surface area (Å²) in [5.74, 6) is 0.832. The number of H-pyrrole nitrogens is 1. The zero-order valence-corrected chi connectivity index (χ0v) is 10.7. The molecule has 0 fully saturated rings. The first kappa shape index (κ1) is 11.5. The van der Waals surface area contributed by atoms with E-state index in [2.05, 4.69) is 38.2 Å². The summed E-state index contributed by atoms with van der Waals surface area (Å²) in [6.07, 6.45) is 1.58. The van der Waals surface area contributed by atoms with E-state index in [0.29, 0.717) is 11.5 Å². The predicted octanol–water partition coefficient (Wildman–Crippen LogP) is 2.30. The van der Waals surface area contributed by atoms with Crippen molar-refractivity contribution in [3.8, 4) is 0 Å². The quantitative estimate of drug-likeness (QED) is 0.652. The van der Waals surface area contributed by atoms with Crippen LogP contribution in [0.2, 0.25) is 0 Å². The smallest absolute Gasteiger partial charge is 0.224 e. The molecular weight excluding hydrogens is 240 g/mol. The number of anilines is 3. The van der Waals surface area contributed by atoms with E-state index in [1.807, 2.05) is 19.1 Å². The molecule has 1 aromatic carbocycles. The number of benzene rings is 1. The van der Waals surface area contributed by atoms with E-state index in [0.717, 1.165) is 16.8 Å². The number of rotatable bonds is 2. The van der Waals surface area contributed by atoms with Crippen molar-refractivity contribution >= 4 is 28.6 Å². The van der Waals surface area contributed by atoms with Gasteiger partial charge in [0.05, 0.1) is 6.33 Å². The summed E-state index contributed by atoms with van der Waals surface area (Å²) in [7, 11) is 0. The molecule has 0 spiro atoms. The molecule has 4 N–H and O–H groups in total. The maximum Gasteiger partial charge on any atom is 0.224 e. The van der Waals surface area contributed by atoms with Gasteiger partial charge in [0.1, 0.15) is 5.52 Å². The highest BCUT2D eigenvalue weighted by Crippen LogP contribution is 2.24. The summed E-state index contributed by atoms with van der Waals surface area (Å²) in [6, 6.07) is 6.17. The minimum atomic E-state index is 0.201. The average molecular weight is 254 g/mol. The maximum absolute atomic E-state index is 5.68. The van der Waals surface area contributed by atoms with Crippen LogP contribution in [-0.4, -0.2) is 19.9 Å². The van der Waals surface area contributed by atoms with Gasteiger partial charge in [-0.3, -0.25) is 0 Å². The Bertz CT molecular complexity index is 746. The number of hydrogen-bond acceptors (Lipinski definition) is 5. The summed E-state index contributed by atoms with van der Waals surface area (Å²) in [6.45, 7) is 4.11. The van der Waals surface area contributed by atoms with Crippen molar-refractivity contribution < 1.29 is 0 Å². The molecule has 0 bridgehead atoms. The van der Waals surface area contributed by atoms with E-state index >= 15 is 0 Å². The van der Waals surface area contributed by atoms with E-state index in [4.69, 9.17) is 5.73 Å². The molecule has 96 valence electrons. The largest absolute Gasteiger partial charge is 0.368 e. The van der Waals surface area contributed by atoms with E-state index in [9.17, 15) is 0 Å². The lowest BCUT2D eigenvalue weighted by molar-refractivity contribution is 1.21. The van der Waals surface area contributed by atoms with Crippen molar-refractivity contribution in [2.45, 2.75) is 13.8 Å². The topological polar surface area (TPSA) is 92.5 Å². The molecule has 0 saturated carbocycles. The number of nitrogens with zero attached hydrogens (tertiary/aromatic N) is 3. The zero-order valence-electron chi connectivity index (χ0n) is 10.7. The zero-order chi connectivity index (χ0) is 13.4. The van der Waals surface area contributed by atoms with Crippen LogP contribution in [-0.2, 0) is 0 Å². The molecule has 19 heavy (non-hydrogen) atoms. The van der Waals surface area contributed by atoms with Gasteiger partial charge >= 0.3 is 0 Å². The lowest BCUT2D eigenvalue weighted by Crippen LogP contribution is -2.02. The Kier molecular flexibility index (Phi) is 2.56. The van der Waals surface area contributed by atoms with Crippen LogP contribution >= 0.6 is 0 Å². The number of aromatic nitrogens is 4. The highest BCUT2D eigenvalue weighted by atomic mass is 15.1. The molecule has 3 aromatic rings. The molecule has 2 heterocycles. The van der Waals surface area contributed by atoms with Gasteiger partial charge in [0.25, 0.3) is 0 Å². The second kappa shape index (κ2) is 4.24. The fourth-order valence-corrected chi connectivity index (χ4v) is 2.02. The van der Waals surface area contributed by atoms with E-state index in [1.165, 1.54) is 5.56 Å². The average Bonchev–Trinajstić information content (AvgIpc) is 2.80. The van der Waals surface area contributed by atoms with Gasteiger partial charge in [0.2, 0.25) is 5.95 Å². The Hall–Kier alpha value is -2.63.